The molecule has 1 saturated carbocycles. The number of hydrogen-bond acceptors (Lipinski definition) is 2. The highest BCUT2D eigenvalue weighted by Gasteiger charge is 2.27. The van der Waals surface area contributed by atoms with Crippen molar-refractivity contribution in [3.05, 3.63) is 54.6 Å². The molecule has 19 heavy (non-hydrogen) atoms. The summed E-state index contributed by atoms with van der Waals surface area (Å²) in [7, 11) is 0. The Kier molecular flexibility index (Phi) is 3.41. The first-order valence-electron chi connectivity index (χ1n) is 6.91. The number of benzene rings is 2. The second-order valence-electron chi connectivity index (χ2n) is 5.21. The molecule has 1 atom stereocenters. The summed E-state index contributed by atoms with van der Waals surface area (Å²) in [6.45, 7) is 2.25. The monoisotopic (exact) mass is 253 g/mol. The molecule has 2 heteroatoms. The van der Waals surface area contributed by atoms with E-state index in [0.29, 0.717) is 6.04 Å². The molecule has 0 radical (unpaired) electrons. The van der Waals surface area contributed by atoms with Gasteiger partial charge in [0.15, 0.2) is 0 Å². The summed E-state index contributed by atoms with van der Waals surface area (Å²) >= 11 is 0. The Morgan fingerprint density at radius 1 is 1.00 bits per heavy atom. The Balaban J connectivity index is 1.68. The Bertz CT molecular complexity index is 534. The van der Waals surface area contributed by atoms with Gasteiger partial charge in [-0.2, -0.15) is 0 Å². The van der Waals surface area contributed by atoms with Gasteiger partial charge in [-0.25, -0.2) is 0 Å². The number of hydrogen-bond donors (Lipinski definition) is 1. The fraction of sp³-hybridized carbons (Fsp3) is 0.294. The van der Waals surface area contributed by atoms with Gasteiger partial charge in [0, 0.05) is 17.8 Å². The van der Waals surface area contributed by atoms with E-state index in [9.17, 15) is 0 Å². The van der Waals surface area contributed by atoms with Gasteiger partial charge in [-0.3, -0.25) is 0 Å². The summed E-state index contributed by atoms with van der Waals surface area (Å²) in [5, 5.41) is 3.55. The van der Waals surface area contributed by atoms with Crippen LogP contribution in [0.2, 0.25) is 0 Å². The van der Waals surface area contributed by atoms with Gasteiger partial charge in [-0.05, 0) is 49.9 Å². The SMILES string of the molecule is CC(Nc1cccc(Oc2ccccc2)c1)C1CC1. The van der Waals surface area contributed by atoms with E-state index in [0.717, 1.165) is 23.1 Å². The standard InChI is InChI=1S/C17H19NO/c1-13(14-10-11-14)18-15-6-5-9-17(12-15)19-16-7-3-2-4-8-16/h2-9,12-14,18H,10-11H2,1H3. The van der Waals surface area contributed by atoms with Crippen LogP contribution >= 0.6 is 0 Å². The third kappa shape index (κ3) is 3.28. The molecule has 2 nitrogen and oxygen atoms in total. The second kappa shape index (κ2) is 5.35. The van der Waals surface area contributed by atoms with E-state index in [-0.39, 0.29) is 0 Å². The summed E-state index contributed by atoms with van der Waals surface area (Å²) < 4.78 is 5.84. The van der Waals surface area contributed by atoms with Gasteiger partial charge < -0.3 is 10.1 Å². The van der Waals surface area contributed by atoms with Gasteiger partial charge in [0.1, 0.15) is 11.5 Å². The predicted molar refractivity (Wildman–Crippen MR) is 78.8 cm³/mol. The van der Waals surface area contributed by atoms with Crippen LogP contribution in [0.4, 0.5) is 5.69 Å². The summed E-state index contributed by atoms with van der Waals surface area (Å²) in [6.07, 6.45) is 2.71. The molecule has 1 fully saturated rings. The van der Waals surface area contributed by atoms with E-state index in [1.54, 1.807) is 0 Å². The fourth-order valence-electron chi connectivity index (χ4n) is 2.25. The molecular weight excluding hydrogens is 234 g/mol. The van der Waals surface area contributed by atoms with Crippen LogP contribution in [0.3, 0.4) is 0 Å². The molecule has 0 bridgehead atoms. The molecule has 3 rings (SSSR count). The lowest BCUT2D eigenvalue weighted by atomic mass is 10.2. The first-order valence-corrected chi connectivity index (χ1v) is 6.91. The van der Waals surface area contributed by atoms with Crippen LogP contribution in [-0.2, 0) is 0 Å². The van der Waals surface area contributed by atoms with E-state index in [1.165, 1.54) is 12.8 Å². The normalized spacial score (nSPS) is 15.8. The molecule has 1 N–H and O–H groups in total. The highest BCUT2D eigenvalue weighted by atomic mass is 16.5. The molecule has 0 aliphatic heterocycles. The molecule has 98 valence electrons. The number of para-hydroxylation sites is 1. The van der Waals surface area contributed by atoms with E-state index >= 15 is 0 Å². The minimum Gasteiger partial charge on any atom is -0.457 e. The van der Waals surface area contributed by atoms with Crippen molar-refractivity contribution in [3.8, 4) is 11.5 Å². The molecule has 0 aromatic heterocycles. The van der Waals surface area contributed by atoms with Crippen molar-refractivity contribution in [1.29, 1.82) is 0 Å². The predicted octanol–water partition coefficient (Wildman–Crippen LogP) is 4.69. The lowest BCUT2D eigenvalue weighted by Crippen LogP contribution is -2.16. The minimum absolute atomic E-state index is 0.548. The third-order valence-electron chi connectivity index (χ3n) is 3.54. The van der Waals surface area contributed by atoms with Gasteiger partial charge in [0.05, 0.1) is 0 Å². The molecular formula is C17H19NO. The van der Waals surface area contributed by atoms with Crippen molar-refractivity contribution in [1.82, 2.24) is 0 Å². The Morgan fingerprint density at radius 3 is 2.47 bits per heavy atom. The zero-order valence-corrected chi connectivity index (χ0v) is 11.2. The van der Waals surface area contributed by atoms with Crippen molar-refractivity contribution in [2.45, 2.75) is 25.8 Å². The fourth-order valence-corrected chi connectivity index (χ4v) is 2.25. The van der Waals surface area contributed by atoms with Crippen molar-refractivity contribution >= 4 is 5.69 Å². The number of rotatable bonds is 5. The molecule has 2 aromatic rings. The van der Waals surface area contributed by atoms with Crippen molar-refractivity contribution in [3.63, 3.8) is 0 Å². The molecule has 1 unspecified atom stereocenters. The Labute approximate surface area is 114 Å². The lowest BCUT2D eigenvalue weighted by Gasteiger charge is -2.15. The van der Waals surface area contributed by atoms with E-state index in [1.807, 2.05) is 42.5 Å². The zero-order chi connectivity index (χ0) is 13.1. The Hall–Kier alpha value is -1.96. The maximum atomic E-state index is 5.84. The van der Waals surface area contributed by atoms with Crippen LogP contribution in [-0.4, -0.2) is 6.04 Å². The van der Waals surface area contributed by atoms with Crippen molar-refractivity contribution < 1.29 is 4.74 Å². The van der Waals surface area contributed by atoms with Crippen LogP contribution in [0.25, 0.3) is 0 Å². The minimum atomic E-state index is 0.548. The van der Waals surface area contributed by atoms with Gasteiger partial charge in [-0.15, -0.1) is 0 Å². The van der Waals surface area contributed by atoms with Crippen LogP contribution in [0, 0.1) is 5.92 Å². The first-order chi connectivity index (χ1) is 9.31. The summed E-state index contributed by atoms with van der Waals surface area (Å²) in [5.74, 6) is 2.59. The van der Waals surface area contributed by atoms with Crippen LogP contribution in [0.1, 0.15) is 19.8 Å². The van der Waals surface area contributed by atoms with Gasteiger partial charge >= 0.3 is 0 Å². The molecule has 0 saturated heterocycles. The van der Waals surface area contributed by atoms with Crippen LogP contribution in [0.15, 0.2) is 54.6 Å². The van der Waals surface area contributed by atoms with Gasteiger partial charge in [0.25, 0.3) is 0 Å². The average Bonchev–Trinajstić information content (AvgIpc) is 3.24. The second-order valence-corrected chi connectivity index (χ2v) is 5.21. The average molecular weight is 253 g/mol. The van der Waals surface area contributed by atoms with Crippen LogP contribution < -0.4 is 10.1 Å². The zero-order valence-electron chi connectivity index (χ0n) is 11.2. The summed E-state index contributed by atoms with van der Waals surface area (Å²) in [6, 6.07) is 18.6. The van der Waals surface area contributed by atoms with Crippen molar-refractivity contribution in [2.24, 2.45) is 5.92 Å². The quantitative estimate of drug-likeness (QED) is 0.834. The third-order valence-corrected chi connectivity index (χ3v) is 3.54. The molecule has 0 heterocycles. The first kappa shape index (κ1) is 12.1. The molecule has 1 aliphatic carbocycles. The number of anilines is 1. The maximum absolute atomic E-state index is 5.84. The largest absolute Gasteiger partial charge is 0.457 e. The van der Waals surface area contributed by atoms with E-state index in [2.05, 4.69) is 24.4 Å². The smallest absolute Gasteiger partial charge is 0.129 e. The topological polar surface area (TPSA) is 21.3 Å². The summed E-state index contributed by atoms with van der Waals surface area (Å²) in [4.78, 5) is 0. The molecule has 0 spiro atoms. The number of nitrogens with one attached hydrogen (secondary N) is 1. The molecule has 0 amide bonds. The van der Waals surface area contributed by atoms with Crippen LogP contribution in [0.5, 0.6) is 11.5 Å². The highest BCUT2D eigenvalue weighted by Crippen LogP contribution is 2.34. The maximum Gasteiger partial charge on any atom is 0.129 e. The highest BCUT2D eigenvalue weighted by molar-refractivity contribution is 5.50. The van der Waals surface area contributed by atoms with E-state index in [4.69, 9.17) is 4.74 Å². The Morgan fingerprint density at radius 2 is 1.74 bits per heavy atom. The lowest BCUT2D eigenvalue weighted by molar-refractivity contribution is 0.483. The molecule has 2 aromatic carbocycles. The summed E-state index contributed by atoms with van der Waals surface area (Å²) in [5.41, 5.74) is 1.13. The van der Waals surface area contributed by atoms with Crippen molar-refractivity contribution in [2.75, 3.05) is 5.32 Å². The van der Waals surface area contributed by atoms with E-state index < -0.39 is 0 Å². The van der Waals surface area contributed by atoms with Gasteiger partial charge in [0.2, 0.25) is 0 Å². The van der Waals surface area contributed by atoms with Gasteiger partial charge in [-0.1, -0.05) is 24.3 Å². The molecule has 1 aliphatic rings. The number of ether oxygens (including phenoxy) is 1.